The number of nitrogens with zero attached hydrogens (tertiary/aromatic N) is 2. The number of nitrogens with one attached hydrogen (secondary N) is 1. The highest BCUT2D eigenvalue weighted by Crippen LogP contribution is 2.24. The maximum Gasteiger partial charge on any atom is 0.330 e. The Labute approximate surface area is 147 Å². The second-order valence-electron chi connectivity index (χ2n) is 6.35. The number of sulfonamides is 1. The molecule has 1 fully saturated rings. The molecule has 138 valence electrons. The first-order valence-electron chi connectivity index (χ1n) is 7.71. The van der Waals surface area contributed by atoms with Crippen LogP contribution in [0.1, 0.15) is 38.5 Å². The minimum absolute atomic E-state index is 0. The van der Waals surface area contributed by atoms with Crippen molar-refractivity contribution >= 4 is 22.4 Å². The van der Waals surface area contributed by atoms with Gasteiger partial charge in [-0.3, -0.25) is 9.36 Å². The van der Waals surface area contributed by atoms with E-state index >= 15 is 0 Å². The van der Waals surface area contributed by atoms with Crippen molar-refractivity contribution in [3.05, 3.63) is 27.0 Å². The number of hydrogen-bond donors (Lipinski definition) is 2. The van der Waals surface area contributed by atoms with Gasteiger partial charge >= 0.3 is 5.69 Å². The number of hydrogen-bond acceptors (Lipinski definition) is 5. The molecule has 2 rings (SSSR count). The largest absolute Gasteiger partial charge is 0.330 e. The van der Waals surface area contributed by atoms with Crippen LogP contribution in [0.4, 0.5) is 0 Å². The van der Waals surface area contributed by atoms with Crippen molar-refractivity contribution < 1.29 is 8.42 Å². The molecule has 8 nitrogen and oxygen atoms in total. The summed E-state index contributed by atoms with van der Waals surface area (Å²) in [6.07, 6.45) is 6.70. The third-order valence-corrected chi connectivity index (χ3v) is 5.80. The average Bonchev–Trinajstić information content (AvgIpc) is 2.72. The molecule has 1 aromatic heterocycles. The highest BCUT2D eigenvalue weighted by molar-refractivity contribution is 7.89. The van der Waals surface area contributed by atoms with Gasteiger partial charge in [-0.1, -0.05) is 25.7 Å². The van der Waals surface area contributed by atoms with Crippen LogP contribution in [0.25, 0.3) is 0 Å². The molecule has 0 amide bonds. The van der Waals surface area contributed by atoms with Gasteiger partial charge in [-0.25, -0.2) is 17.9 Å². The number of nitrogens with two attached hydrogens (primary N) is 1. The summed E-state index contributed by atoms with van der Waals surface area (Å²) in [7, 11) is -1.38. The number of halogens is 1. The third kappa shape index (κ3) is 4.47. The molecule has 0 atom stereocenters. The van der Waals surface area contributed by atoms with Crippen molar-refractivity contribution in [2.24, 2.45) is 19.8 Å². The lowest BCUT2D eigenvalue weighted by atomic mass is 9.92. The Kier molecular flexibility index (Phi) is 6.80. The van der Waals surface area contributed by atoms with Crippen LogP contribution in [0, 0.1) is 0 Å². The molecular weight excluding hydrogens is 356 g/mol. The Morgan fingerprint density at radius 1 is 1.17 bits per heavy atom. The molecule has 1 aliphatic carbocycles. The number of rotatable bonds is 4. The summed E-state index contributed by atoms with van der Waals surface area (Å²) in [6, 6.07) is 0. The molecule has 1 aliphatic rings. The minimum atomic E-state index is -4.03. The van der Waals surface area contributed by atoms with E-state index in [1.807, 2.05) is 0 Å². The minimum Gasteiger partial charge on any atom is -0.324 e. The summed E-state index contributed by atoms with van der Waals surface area (Å²) in [4.78, 5) is 23.3. The topological polar surface area (TPSA) is 116 Å². The van der Waals surface area contributed by atoms with Crippen LogP contribution >= 0.6 is 12.4 Å². The Balaban J connectivity index is 0.00000288. The van der Waals surface area contributed by atoms with Crippen LogP contribution in [0.2, 0.25) is 0 Å². The quantitative estimate of drug-likeness (QED) is 0.704. The highest BCUT2D eigenvalue weighted by atomic mass is 35.5. The zero-order valence-corrected chi connectivity index (χ0v) is 15.6. The second-order valence-corrected chi connectivity index (χ2v) is 8.09. The summed E-state index contributed by atoms with van der Waals surface area (Å²) in [5.74, 6) is 0. The molecule has 24 heavy (non-hydrogen) atoms. The smallest absolute Gasteiger partial charge is 0.324 e. The molecule has 0 saturated heterocycles. The fourth-order valence-electron chi connectivity index (χ4n) is 2.89. The summed E-state index contributed by atoms with van der Waals surface area (Å²) < 4.78 is 29.2. The normalized spacial score (nSPS) is 17.8. The highest BCUT2D eigenvalue weighted by Gasteiger charge is 2.29. The second kappa shape index (κ2) is 7.81. The molecule has 1 heterocycles. The van der Waals surface area contributed by atoms with E-state index in [0.717, 1.165) is 53.9 Å². The van der Waals surface area contributed by atoms with Crippen molar-refractivity contribution in [2.45, 2.75) is 49.0 Å². The van der Waals surface area contributed by atoms with Gasteiger partial charge in [-0.15, -0.1) is 12.4 Å². The first-order valence-corrected chi connectivity index (χ1v) is 9.20. The van der Waals surface area contributed by atoms with E-state index in [4.69, 9.17) is 5.73 Å². The van der Waals surface area contributed by atoms with Gasteiger partial charge in [0.25, 0.3) is 5.56 Å². The fraction of sp³-hybridized carbons (Fsp3) is 0.714. The summed E-state index contributed by atoms with van der Waals surface area (Å²) >= 11 is 0. The van der Waals surface area contributed by atoms with Gasteiger partial charge in [0.2, 0.25) is 10.0 Å². The van der Waals surface area contributed by atoms with Crippen molar-refractivity contribution in [3.63, 3.8) is 0 Å². The van der Waals surface area contributed by atoms with Crippen molar-refractivity contribution in [2.75, 3.05) is 6.54 Å². The van der Waals surface area contributed by atoms with Gasteiger partial charge in [0.1, 0.15) is 0 Å². The average molecular weight is 381 g/mol. The molecule has 1 aromatic rings. The van der Waals surface area contributed by atoms with E-state index in [1.165, 1.54) is 14.1 Å². The summed E-state index contributed by atoms with van der Waals surface area (Å²) in [6.45, 7) is 0.0847. The van der Waals surface area contributed by atoms with Crippen LogP contribution in [0.15, 0.2) is 20.7 Å². The number of aromatic nitrogens is 2. The van der Waals surface area contributed by atoms with Crippen LogP contribution in [-0.4, -0.2) is 29.6 Å². The van der Waals surface area contributed by atoms with E-state index in [1.54, 1.807) is 0 Å². The lowest BCUT2D eigenvalue weighted by Gasteiger charge is -2.28. The molecule has 0 unspecified atom stereocenters. The zero-order valence-electron chi connectivity index (χ0n) is 13.9. The summed E-state index contributed by atoms with van der Waals surface area (Å²) in [5.41, 5.74) is 4.30. The van der Waals surface area contributed by atoms with Crippen molar-refractivity contribution in [1.82, 2.24) is 13.9 Å². The van der Waals surface area contributed by atoms with Gasteiger partial charge in [0.05, 0.1) is 0 Å². The van der Waals surface area contributed by atoms with Crippen molar-refractivity contribution in [3.8, 4) is 0 Å². The monoisotopic (exact) mass is 380 g/mol. The van der Waals surface area contributed by atoms with Gasteiger partial charge < -0.3 is 10.3 Å². The molecule has 10 heteroatoms. The van der Waals surface area contributed by atoms with E-state index in [-0.39, 0.29) is 19.0 Å². The van der Waals surface area contributed by atoms with E-state index < -0.39 is 31.7 Å². The van der Waals surface area contributed by atoms with Crippen molar-refractivity contribution in [1.29, 1.82) is 0 Å². The van der Waals surface area contributed by atoms with Crippen LogP contribution in [0.5, 0.6) is 0 Å². The molecule has 0 radical (unpaired) electrons. The van der Waals surface area contributed by atoms with Crippen LogP contribution in [-0.2, 0) is 24.1 Å². The first-order chi connectivity index (χ1) is 10.7. The lowest BCUT2D eigenvalue weighted by molar-refractivity contribution is 0.369. The van der Waals surface area contributed by atoms with E-state index in [9.17, 15) is 18.0 Å². The van der Waals surface area contributed by atoms with Gasteiger partial charge in [0, 0.05) is 32.4 Å². The first kappa shape index (κ1) is 20.9. The molecule has 0 bridgehead atoms. The molecule has 0 aromatic carbocycles. The summed E-state index contributed by atoms with van der Waals surface area (Å²) in [5, 5.41) is 0. The maximum atomic E-state index is 12.4. The predicted octanol–water partition coefficient (Wildman–Crippen LogP) is -0.164. The van der Waals surface area contributed by atoms with Crippen LogP contribution in [0.3, 0.4) is 0 Å². The molecule has 1 saturated carbocycles. The predicted molar refractivity (Wildman–Crippen MR) is 94.0 cm³/mol. The maximum absolute atomic E-state index is 12.4. The molecule has 0 aliphatic heterocycles. The number of aryl methyl sites for hydroxylation is 1. The Morgan fingerprint density at radius 2 is 1.71 bits per heavy atom. The fourth-order valence-corrected chi connectivity index (χ4v) is 4.18. The Morgan fingerprint density at radius 3 is 2.25 bits per heavy atom. The van der Waals surface area contributed by atoms with Gasteiger partial charge in [0.15, 0.2) is 4.90 Å². The Bertz CT molecular complexity index is 792. The van der Waals surface area contributed by atoms with Crippen LogP contribution < -0.4 is 21.7 Å². The Hall–Kier alpha value is -1.16. The lowest BCUT2D eigenvalue weighted by Crippen LogP contribution is -2.50. The third-order valence-electron chi connectivity index (χ3n) is 4.42. The van der Waals surface area contributed by atoms with Gasteiger partial charge in [-0.2, -0.15) is 0 Å². The molecule has 0 spiro atoms. The standard InChI is InChI=1S/C14H24N4O4S.ClH/c1-17-9-11(12(19)18(2)13(17)20)23(21,22)16-10-14(15)7-5-3-4-6-8-14;/h9,16H,3-8,10,15H2,1-2H3;1H. The molecular formula is C14H25ClN4O4S. The van der Waals surface area contributed by atoms with E-state index in [2.05, 4.69) is 4.72 Å². The van der Waals surface area contributed by atoms with Gasteiger partial charge in [-0.05, 0) is 12.8 Å². The SMILES string of the molecule is Cl.Cn1cc(S(=O)(=O)NCC2(N)CCCCCC2)c(=O)n(C)c1=O. The molecule has 3 N–H and O–H groups in total. The van der Waals surface area contributed by atoms with E-state index in [0.29, 0.717) is 0 Å². The zero-order chi connectivity index (χ0) is 17.3.